The van der Waals surface area contributed by atoms with Crippen LogP contribution in [0.4, 0.5) is 0 Å². The van der Waals surface area contributed by atoms with Gasteiger partial charge in [0, 0.05) is 25.1 Å². The first kappa shape index (κ1) is 19.9. The van der Waals surface area contributed by atoms with Gasteiger partial charge in [-0.2, -0.15) is 0 Å². The molecule has 1 N–H and O–H groups in total. The van der Waals surface area contributed by atoms with Gasteiger partial charge in [0.15, 0.2) is 0 Å². The lowest BCUT2D eigenvalue weighted by Gasteiger charge is -2.32. The summed E-state index contributed by atoms with van der Waals surface area (Å²) in [6.45, 7) is 3.80. The Kier molecular flexibility index (Phi) is 7.27. The quantitative estimate of drug-likeness (QED) is 0.778. The molecule has 2 fully saturated rings. The fourth-order valence-electron chi connectivity index (χ4n) is 4.30. The second-order valence-electron chi connectivity index (χ2n) is 7.85. The van der Waals surface area contributed by atoms with E-state index in [2.05, 4.69) is 22.2 Å². The predicted molar refractivity (Wildman–Crippen MR) is 106 cm³/mol. The lowest BCUT2D eigenvalue weighted by atomic mass is 9.89. The number of esters is 1. The zero-order valence-electron chi connectivity index (χ0n) is 16.4. The summed E-state index contributed by atoms with van der Waals surface area (Å²) in [7, 11) is 1.44. The first-order valence-corrected chi connectivity index (χ1v) is 10.3. The second kappa shape index (κ2) is 9.88. The summed E-state index contributed by atoms with van der Waals surface area (Å²) < 4.78 is 4.69. The summed E-state index contributed by atoms with van der Waals surface area (Å²) in [5, 5.41) is 3.40. The van der Waals surface area contributed by atoms with E-state index in [1.165, 1.54) is 25.5 Å². The lowest BCUT2D eigenvalue weighted by molar-refractivity contribution is -0.140. The normalized spacial score (nSPS) is 19.1. The molecule has 0 spiro atoms. The van der Waals surface area contributed by atoms with Crippen LogP contribution in [0.1, 0.15) is 66.8 Å². The van der Waals surface area contributed by atoms with E-state index in [-0.39, 0.29) is 11.9 Å². The number of methoxy groups -OCH3 is 1. The summed E-state index contributed by atoms with van der Waals surface area (Å²) in [4.78, 5) is 26.0. The minimum atomic E-state index is -0.129. The van der Waals surface area contributed by atoms with Gasteiger partial charge in [0.1, 0.15) is 0 Å². The SMILES string of the molecule is COC(=O)CCCC1CCN(C(=O)c2ccc(C3CCNCC3)cc2)CC1. The van der Waals surface area contributed by atoms with Crippen LogP contribution >= 0.6 is 0 Å². The molecule has 1 aromatic rings. The molecule has 0 aromatic heterocycles. The smallest absolute Gasteiger partial charge is 0.305 e. The van der Waals surface area contributed by atoms with Crippen molar-refractivity contribution >= 4 is 11.9 Å². The highest BCUT2D eigenvalue weighted by atomic mass is 16.5. The number of amides is 1. The Morgan fingerprint density at radius 3 is 2.37 bits per heavy atom. The summed E-state index contributed by atoms with van der Waals surface area (Å²) in [6.07, 6.45) is 6.83. The van der Waals surface area contributed by atoms with E-state index in [0.29, 0.717) is 18.3 Å². The molecule has 5 heteroatoms. The number of nitrogens with zero attached hydrogens (tertiary/aromatic N) is 1. The topological polar surface area (TPSA) is 58.6 Å². The molecule has 1 aromatic carbocycles. The largest absolute Gasteiger partial charge is 0.469 e. The molecule has 2 heterocycles. The zero-order chi connectivity index (χ0) is 19.1. The molecule has 0 aliphatic carbocycles. The second-order valence-corrected chi connectivity index (χ2v) is 7.85. The van der Waals surface area contributed by atoms with Crippen LogP contribution in [0.25, 0.3) is 0 Å². The van der Waals surface area contributed by atoms with E-state index in [0.717, 1.165) is 57.4 Å². The molecule has 148 valence electrons. The zero-order valence-corrected chi connectivity index (χ0v) is 16.4. The van der Waals surface area contributed by atoms with E-state index >= 15 is 0 Å². The fraction of sp³-hybridized carbons (Fsp3) is 0.636. The minimum absolute atomic E-state index is 0.129. The van der Waals surface area contributed by atoms with Crippen molar-refractivity contribution in [3.05, 3.63) is 35.4 Å². The minimum Gasteiger partial charge on any atom is -0.469 e. The summed E-state index contributed by atoms with van der Waals surface area (Å²) in [5.74, 6) is 1.26. The van der Waals surface area contributed by atoms with Crippen molar-refractivity contribution in [1.82, 2.24) is 10.2 Å². The molecule has 0 atom stereocenters. The van der Waals surface area contributed by atoms with Crippen molar-refractivity contribution in [2.24, 2.45) is 5.92 Å². The van der Waals surface area contributed by atoms with Gasteiger partial charge in [0.2, 0.25) is 0 Å². The lowest BCUT2D eigenvalue weighted by Crippen LogP contribution is -2.38. The van der Waals surface area contributed by atoms with Crippen LogP contribution in [0.3, 0.4) is 0 Å². The van der Waals surface area contributed by atoms with Gasteiger partial charge in [-0.25, -0.2) is 0 Å². The molecule has 0 saturated carbocycles. The highest BCUT2D eigenvalue weighted by Crippen LogP contribution is 2.27. The predicted octanol–water partition coefficient (Wildman–Crippen LogP) is 3.35. The number of carbonyl (C=O) groups is 2. The van der Waals surface area contributed by atoms with Gasteiger partial charge < -0.3 is 15.0 Å². The van der Waals surface area contributed by atoms with E-state index in [9.17, 15) is 9.59 Å². The van der Waals surface area contributed by atoms with Crippen LogP contribution in [-0.2, 0) is 9.53 Å². The Morgan fingerprint density at radius 1 is 1.07 bits per heavy atom. The van der Waals surface area contributed by atoms with Crippen molar-refractivity contribution < 1.29 is 14.3 Å². The molecule has 0 radical (unpaired) electrons. The first-order valence-electron chi connectivity index (χ1n) is 10.3. The standard InChI is InChI=1S/C22H32N2O3/c1-27-21(25)4-2-3-17-11-15-24(16-12-17)22(26)20-7-5-18(6-8-20)19-9-13-23-14-10-19/h5-8,17,19,23H,2-4,9-16H2,1H3. The molecule has 2 aliphatic rings. The molecule has 0 unspecified atom stereocenters. The molecule has 5 nitrogen and oxygen atoms in total. The Hall–Kier alpha value is -1.88. The monoisotopic (exact) mass is 372 g/mol. The van der Waals surface area contributed by atoms with Gasteiger partial charge >= 0.3 is 5.97 Å². The maximum atomic E-state index is 12.8. The molecule has 0 bridgehead atoms. The number of hydrogen-bond acceptors (Lipinski definition) is 4. The number of likely N-dealkylation sites (tertiary alicyclic amines) is 1. The molecule has 2 aliphatic heterocycles. The number of ether oxygens (including phenoxy) is 1. The van der Waals surface area contributed by atoms with E-state index in [1.807, 2.05) is 17.0 Å². The van der Waals surface area contributed by atoms with Crippen molar-refractivity contribution in [2.45, 2.75) is 50.9 Å². The fourth-order valence-corrected chi connectivity index (χ4v) is 4.30. The molecule has 1 amide bonds. The van der Waals surface area contributed by atoms with Crippen molar-refractivity contribution in [3.8, 4) is 0 Å². The molecule has 2 saturated heterocycles. The maximum Gasteiger partial charge on any atom is 0.305 e. The van der Waals surface area contributed by atoms with Gasteiger partial charge in [-0.15, -0.1) is 0 Å². The van der Waals surface area contributed by atoms with Crippen LogP contribution < -0.4 is 5.32 Å². The molecule has 3 rings (SSSR count). The highest BCUT2D eigenvalue weighted by Gasteiger charge is 2.24. The van der Waals surface area contributed by atoms with Crippen molar-refractivity contribution in [1.29, 1.82) is 0 Å². The van der Waals surface area contributed by atoms with E-state index in [1.54, 1.807) is 0 Å². The van der Waals surface area contributed by atoms with Crippen LogP contribution in [0.15, 0.2) is 24.3 Å². The third kappa shape index (κ3) is 5.55. The van der Waals surface area contributed by atoms with Crippen LogP contribution in [0.5, 0.6) is 0 Å². The number of piperidine rings is 2. The Bertz CT molecular complexity index is 615. The summed E-state index contributed by atoms with van der Waals surface area (Å²) >= 11 is 0. The summed E-state index contributed by atoms with van der Waals surface area (Å²) in [5.41, 5.74) is 2.16. The van der Waals surface area contributed by atoms with Gasteiger partial charge in [-0.05, 0) is 81.1 Å². The molecule has 27 heavy (non-hydrogen) atoms. The average molecular weight is 373 g/mol. The van der Waals surface area contributed by atoms with Crippen LogP contribution in [-0.4, -0.2) is 50.1 Å². The van der Waals surface area contributed by atoms with Gasteiger partial charge in [-0.3, -0.25) is 9.59 Å². The van der Waals surface area contributed by atoms with E-state index < -0.39 is 0 Å². The van der Waals surface area contributed by atoms with Crippen molar-refractivity contribution in [2.75, 3.05) is 33.3 Å². The van der Waals surface area contributed by atoms with E-state index in [4.69, 9.17) is 0 Å². The molecular weight excluding hydrogens is 340 g/mol. The Labute approximate surface area is 162 Å². The number of rotatable bonds is 6. The maximum absolute atomic E-state index is 12.8. The molecular formula is C22H32N2O3. The summed E-state index contributed by atoms with van der Waals surface area (Å²) in [6, 6.07) is 8.29. The third-order valence-electron chi connectivity index (χ3n) is 6.09. The van der Waals surface area contributed by atoms with Gasteiger partial charge in [0.25, 0.3) is 5.91 Å². The highest BCUT2D eigenvalue weighted by molar-refractivity contribution is 5.94. The average Bonchev–Trinajstić information content (AvgIpc) is 2.74. The number of hydrogen-bond donors (Lipinski definition) is 1. The van der Waals surface area contributed by atoms with Crippen LogP contribution in [0.2, 0.25) is 0 Å². The van der Waals surface area contributed by atoms with Gasteiger partial charge in [-0.1, -0.05) is 12.1 Å². The van der Waals surface area contributed by atoms with Gasteiger partial charge in [0.05, 0.1) is 7.11 Å². The number of nitrogens with one attached hydrogen (secondary N) is 1. The number of carbonyl (C=O) groups excluding carboxylic acids is 2. The van der Waals surface area contributed by atoms with Crippen molar-refractivity contribution in [3.63, 3.8) is 0 Å². The van der Waals surface area contributed by atoms with Crippen LogP contribution in [0, 0.1) is 5.92 Å². The third-order valence-corrected chi connectivity index (χ3v) is 6.09. The number of benzene rings is 1. The first-order chi connectivity index (χ1) is 13.2. The Morgan fingerprint density at radius 2 is 1.74 bits per heavy atom. The Balaban J connectivity index is 1.45.